The topological polar surface area (TPSA) is 24.1 Å². The van der Waals surface area contributed by atoms with Crippen molar-refractivity contribution in [2.75, 3.05) is 6.54 Å². The molecule has 0 bridgehead atoms. The van der Waals surface area contributed by atoms with Gasteiger partial charge in [-0.05, 0) is 43.1 Å². The smallest absolute Gasteiger partial charge is 0.166 e. The maximum atomic E-state index is 5.34. The fraction of sp³-hybridized carbons (Fsp3) is 0.278. The summed E-state index contributed by atoms with van der Waals surface area (Å²) in [4.78, 5) is 0. The van der Waals surface area contributed by atoms with Crippen molar-refractivity contribution in [1.82, 2.24) is 10.6 Å². The van der Waals surface area contributed by atoms with Crippen molar-refractivity contribution in [1.29, 1.82) is 0 Å². The molecule has 3 heteroatoms. The zero-order chi connectivity index (χ0) is 14.9. The Labute approximate surface area is 132 Å². The lowest BCUT2D eigenvalue weighted by atomic mass is 10.1. The van der Waals surface area contributed by atoms with E-state index in [0.717, 1.165) is 24.5 Å². The predicted molar refractivity (Wildman–Crippen MR) is 93.4 cm³/mol. The van der Waals surface area contributed by atoms with E-state index < -0.39 is 0 Å². The molecular weight excluding hydrogens is 276 g/mol. The number of hydrogen-bond donors (Lipinski definition) is 2. The monoisotopic (exact) mass is 298 g/mol. The summed E-state index contributed by atoms with van der Waals surface area (Å²) in [6.07, 6.45) is 2.15. The fourth-order valence-corrected chi connectivity index (χ4v) is 2.49. The third-order valence-electron chi connectivity index (χ3n) is 3.42. The molecule has 21 heavy (non-hydrogen) atoms. The standard InChI is InChI=1S/C18H22N2S/c1-15(17-12-6-3-7-13-17)20-18(21)19-14-8-11-16-9-4-2-5-10-16/h2-7,9-10,12-13,15H,8,11,14H2,1H3,(H2,19,20,21)/t15-/m1/s1. The van der Waals surface area contributed by atoms with Crippen LogP contribution >= 0.6 is 12.2 Å². The van der Waals surface area contributed by atoms with Crippen molar-refractivity contribution in [2.24, 2.45) is 0 Å². The fourth-order valence-electron chi connectivity index (χ4n) is 2.21. The van der Waals surface area contributed by atoms with Crippen molar-refractivity contribution >= 4 is 17.3 Å². The minimum absolute atomic E-state index is 0.223. The first-order valence-electron chi connectivity index (χ1n) is 7.39. The Bertz CT molecular complexity index is 540. The first-order valence-corrected chi connectivity index (χ1v) is 7.80. The molecule has 0 aromatic heterocycles. The SMILES string of the molecule is C[C@@H](NC(=S)NCCCc1ccccc1)c1ccccc1. The Kier molecular flexibility index (Phi) is 6.22. The highest BCUT2D eigenvalue weighted by Gasteiger charge is 2.05. The lowest BCUT2D eigenvalue weighted by Gasteiger charge is -2.17. The zero-order valence-electron chi connectivity index (χ0n) is 12.4. The number of hydrogen-bond acceptors (Lipinski definition) is 1. The van der Waals surface area contributed by atoms with E-state index in [9.17, 15) is 0 Å². The molecule has 0 spiro atoms. The van der Waals surface area contributed by atoms with Crippen LogP contribution in [-0.2, 0) is 6.42 Å². The summed E-state index contributed by atoms with van der Waals surface area (Å²) in [6, 6.07) is 21.1. The van der Waals surface area contributed by atoms with E-state index in [1.165, 1.54) is 11.1 Å². The number of aryl methyl sites for hydroxylation is 1. The van der Waals surface area contributed by atoms with Crippen LogP contribution in [0.2, 0.25) is 0 Å². The zero-order valence-corrected chi connectivity index (χ0v) is 13.2. The van der Waals surface area contributed by atoms with Gasteiger partial charge in [-0.2, -0.15) is 0 Å². The molecule has 0 unspecified atom stereocenters. The summed E-state index contributed by atoms with van der Waals surface area (Å²) in [7, 11) is 0. The van der Waals surface area contributed by atoms with Crippen molar-refractivity contribution in [3.8, 4) is 0 Å². The Morgan fingerprint density at radius 1 is 1.00 bits per heavy atom. The summed E-state index contributed by atoms with van der Waals surface area (Å²) in [5, 5.41) is 7.31. The normalized spacial score (nSPS) is 11.7. The second kappa shape index (κ2) is 8.42. The lowest BCUT2D eigenvalue weighted by Crippen LogP contribution is -2.37. The van der Waals surface area contributed by atoms with E-state index >= 15 is 0 Å². The molecule has 110 valence electrons. The van der Waals surface area contributed by atoms with Crippen LogP contribution < -0.4 is 10.6 Å². The van der Waals surface area contributed by atoms with Gasteiger partial charge in [0.2, 0.25) is 0 Å². The van der Waals surface area contributed by atoms with Crippen LogP contribution in [0.1, 0.15) is 30.5 Å². The molecule has 2 rings (SSSR count). The van der Waals surface area contributed by atoms with Gasteiger partial charge in [0, 0.05) is 6.54 Å². The molecule has 2 aromatic rings. The summed E-state index contributed by atoms with van der Waals surface area (Å²) >= 11 is 5.34. The molecule has 0 amide bonds. The van der Waals surface area contributed by atoms with Gasteiger partial charge in [0.05, 0.1) is 6.04 Å². The summed E-state index contributed by atoms with van der Waals surface area (Å²) in [5.41, 5.74) is 2.61. The number of rotatable bonds is 6. The van der Waals surface area contributed by atoms with Gasteiger partial charge < -0.3 is 10.6 Å². The van der Waals surface area contributed by atoms with E-state index in [4.69, 9.17) is 12.2 Å². The van der Waals surface area contributed by atoms with E-state index in [1.807, 2.05) is 24.3 Å². The summed E-state index contributed by atoms with van der Waals surface area (Å²) < 4.78 is 0. The quantitative estimate of drug-likeness (QED) is 0.626. The molecule has 0 aliphatic rings. The average Bonchev–Trinajstić information content (AvgIpc) is 2.53. The van der Waals surface area contributed by atoms with Crippen LogP contribution in [0.3, 0.4) is 0 Å². The van der Waals surface area contributed by atoms with E-state index in [1.54, 1.807) is 0 Å². The van der Waals surface area contributed by atoms with Crippen LogP contribution in [0.15, 0.2) is 60.7 Å². The third kappa shape index (κ3) is 5.56. The van der Waals surface area contributed by atoms with Crippen molar-refractivity contribution < 1.29 is 0 Å². The Morgan fingerprint density at radius 3 is 2.29 bits per heavy atom. The third-order valence-corrected chi connectivity index (χ3v) is 3.68. The Hall–Kier alpha value is -1.87. The molecule has 0 heterocycles. The van der Waals surface area contributed by atoms with Gasteiger partial charge >= 0.3 is 0 Å². The Balaban J connectivity index is 1.66. The average molecular weight is 298 g/mol. The minimum atomic E-state index is 0.223. The minimum Gasteiger partial charge on any atom is -0.363 e. The second-order valence-electron chi connectivity index (χ2n) is 5.12. The molecule has 2 nitrogen and oxygen atoms in total. The molecule has 1 atom stereocenters. The molecule has 0 saturated heterocycles. The van der Waals surface area contributed by atoms with Gasteiger partial charge in [0.15, 0.2) is 5.11 Å². The van der Waals surface area contributed by atoms with Crippen LogP contribution in [-0.4, -0.2) is 11.7 Å². The lowest BCUT2D eigenvalue weighted by molar-refractivity contribution is 0.686. The van der Waals surface area contributed by atoms with E-state index in [2.05, 4.69) is 54.0 Å². The van der Waals surface area contributed by atoms with Crippen molar-refractivity contribution in [3.05, 3.63) is 71.8 Å². The van der Waals surface area contributed by atoms with E-state index in [-0.39, 0.29) is 6.04 Å². The number of nitrogens with one attached hydrogen (secondary N) is 2. The molecule has 2 N–H and O–H groups in total. The molecule has 0 saturated carbocycles. The predicted octanol–water partition coefficient (Wildman–Crippen LogP) is 3.84. The highest BCUT2D eigenvalue weighted by atomic mass is 32.1. The largest absolute Gasteiger partial charge is 0.363 e. The van der Waals surface area contributed by atoms with E-state index in [0.29, 0.717) is 0 Å². The molecule has 0 radical (unpaired) electrons. The molecule has 0 aliphatic heterocycles. The van der Waals surface area contributed by atoms with Gasteiger partial charge in [-0.25, -0.2) is 0 Å². The highest BCUT2D eigenvalue weighted by Crippen LogP contribution is 2.10. The van der Waals surface area contributed by atoms with Crippen molar-refractivity contribution in [3.63, 3.8) is 0 Å². The first kappa shape index (κ1) is 15.5. The Morgan fingerprint density at radius 2 is 1.62 bits per heavy atom. The van der Waals surface area contributed by atoms with Crippen LogP contribution in [0.4, 0.5) is 0 Å². The van der Waals surface area contributed by atoms with Crippen LogP contribution in [0, 0.1) is 0 Å². The maximum Gasteiger partial charge on any atom is 0.166 e. The van der Waals surface area contributed by atoms with Crippen molar-refractivity contribution in [2.45, 2.75) is 25.8 Å². The first-order chi connectivity index (χ1) is 10.3. The highest BCUT2D eigenvalue weighted by molar-refractivity contribution is 7.80. The molecule has 2 aromatic carbocycles. The van der Waals surface area contributed by atoms with Crippen LogP contribution in [0.25, 0.3) is 0 Å². The summed E-state index contributed by atoms with van der Waals surface area (Å²) in [6.45, 7) is 3.01. The van der Waals surface area contributed by atoms with Gasteiger partial charge in [-0.3, -0.25) is 0 Å². The second-order valence-corrected chi connectivity index (χ2v) is 5.53. The number of thiocarbonyl (C=S) groups is 1. The van der Waals surface area contributed by atoms with Crippen LogP contribution in [0.5, 0.6) is 0 Å². The van der Waals surface area contributed by atoms with Gasteiger partial charge in [-0.1, -0.05) is 60.7 Å². The summed E-state index contributed by atoms with van der Waals surface area (Å²) in [5.74, 6) is 0. The maximum absolute atomic E-state index is 5.34. The van der Waals surface area contributed by atoms with Gasteiger partial charge in [0.25, 0.3) is 0 Å². The number of benzene rings is 2. The molecule has 0 aliphatic carbocycles. The van der Waals surface area contributed by atoms with Gasteiger partial charge in [-0.15, -0.1) is 0 Å². The molecular formula is C18H22N2S. The molecule has 0 fully saturated rings. The van der Waals surface area contributed by atoms with Gasteiger partial charge in [0.1, 0.15) is 0 Å².